The fourth-order valence-corrected chi connectivity index (χ4v) is 2.64. The van der Waals surface area contributed by atoms with Crippen LogP contribution in [0.5, 0.6) is 5.75 Å². The number of benzene rings is 1. The summed E-state index contributed by atoms with van der Waals surface area (Å²) in [7, 11) is 1.64. The van der Waals surface area contributed by atoms with Gasteiger partial charge in [0.15, 0.2) is 0 Å². The molecule has 1 aliphatic carbocycles. The largest absolute Gasteiger partial charge is 0.496 e. The smallest absolute Gasteiger partial charge is 0.353 e. The van der Waals surface area contributed by atoms with E-state index in [9.17, 15) is 4.79 Å². The molecule has 0 radical (unpaired) electrons. The van der Waals surface area contributed by atoms with E-state index in [0.29, 0.717) is 5.69 Å². The first-order valence-corrected chi connectivity index (χ1v) is 6.18. The summed E-state index contributed by atoms with van der Waals surface area (Å²) in [6.45, 7) is 0. The fourth-order valence-electron chi connectivity index (χ4n) is 2.64. The van der Waals surface area contributed by atoms with Crippen molar-refractivity contribution in [3.05, 3.63) is 35.0 Å². The first-order valence-electron chi connectivity index (χ1n) is 6.18. The summed E-state index contributed by atoms with van der Waals surface area (Å²) < 4.78 is 5.51. The van der Waals surface area contributed by atoms with Crippen LogP contribution in [0.25, 0.3) is 11.3 Å². The third-order valence-electron chi connectivity index (χ3n) is 3.52. The lowest BCUT2D eigenvalue weighted by atomic mass is 10.0. The molecule has 0 spiro atoms. The van der Waals surface area contributed by atoms with Gasteiger partial charge in [0, 0.05) is 5.56 Å². The predicted octanol–water partition coefficient (Wildman–Crippen LogP) is 2.27. The standard InChI is InChI=1S/C14H14N2O3/c1-19-13-9-4-2-3-8(9)5-6-10(13)11-7-12(14(17)18)16-15-11/h5-7H,2-4H2,1H3,(H,15,16)(H,17,18). The monoisotopic (exact) mass is 258 g/mol. The second-order valence-corrected chi connectivity index (χ2v) is 4.61. The van der Waals surface area contributed by atoms with Gasteiger partial charge in [0.05, 0.1) is 12.8 Å². The molecule has 19 heavy (non-hydrogen) atoms. The average Bonchev–Trinajstić information content (AvgIpc) is 3.05. The van der Waals surface area contributed by atoms with Crippen LogP contribution in [0.3, 0.4) is 0 Å². The fraction of sp³-hybridized carbons (Fsp3) is 0.286. The number of aromatic carboxylic acids is 1. The Labute approximate surface area is 110 Å². The molecule has 5 heteroatoms. The van der Waals surface area contributed by atoms with E-state index in [-0.39, 0.29) is 5.69 Å². The lowest BCUT2D eigenvalue weighted by molar-refractivity contribution is 0.0690. The van der Waals surface area contributed by atoms with Crippen molar-refractivity contribution in [2.45, 2.75) is 19.3 Å². The number of hydrogen-bond donors (Lipinski definition) is 2. The van der Waals surface area contributed by atoms with Crippen LogP contribution in [-0.4, -0.2) is 28.4 Å². The van der Waals surface area contributed by atoms with Crippen molar-refractivity contribution < 1.29 is 14.6 Å². The first kappa shape index (κ1) is 11.8. The highest BCUT2D eigenvalue weighted by Crippen LogP contribution is 2.38. The molecular weight excluding hydrogens is 244 g/mol. The number of nitrogens with one attached hydrogen (secondary N) is 1. The van der Waals surface area contributed by atoms with Gasteiger partial charge in [0.1, 0.15) is 11.4 Å². The van der Waals surface area contributed by atoms with Gasteiger partial charge in [-0.25, -0.2) is 4.79 Å². The van der Waals surface area contributed by atoms with Gasteiger partial charge in [-0.05, 0) is 42.5 Å². The summed E-state index contributed by atoms with van der Waals surface area (Å²) in [5.74, 6) is -0.197. The first-order chi connectivity index (χ1) is 9.20. The van der Waals surface area contributed by atoms with Crippen LogP contribution in [0.4, 0.5) is 0 Å². The minimum absolute atomic E-state index is 0.0811. The van der Waals surface area contributed by atoms with Gasteiger partial charge in [0.25, 0.3) is 0 Å². The van der Waals surface area contributed by atoms with Crippen molar-refractivity contribution in [2.75, 3.05) is 7.11 Å². The van der Waals surface area contributed by atoms with E-state index in [4.69, 9.17) is 9.84 Å². The Morgan fingerprint density at radius 1 is 1.42 bits per heavy atom. The third kappa shape index (κ3) is 1.87. The zero-order valence-corrected chi connectivity index (χ0v) is 10.6. The molecule has 0 amide bonds. The van der Waals surface area contributed by atoms with Gasteiger partial charge in [-0.3, -0.25) is 5.10 Å². The number of carboxylic acid groups (broad SMARTS) is 1. The van der Waals surface area contributed by atoms with Gasteiger partial charge in [-0.15, -0.1) is 0 Å². The summed E-state index contributed by atoms with van der Waals surface area (Å²) in [5, 5.41) is 15.5. The topological polar surface area (TPSA) is 75.2 Å². The van der Waals surface area contributed by atoms with E-state index in [1.807, 2.05) is 6.07 Å². The second kappa shape index (κ2) is 4.42. The highest BCUT2D eigenvalue weighted by Gasteiger charge is 2.21. The molecule has 0 saturated heterocycles. The molecule has 98 valence electrons. The Morgan fingerprint density at radius 2 is 2.26 bits per heavy atom. The normalized spacial score (nSPS) is 13.3. The number of aromatic nitrogens is 2. The molecule has 0 unspecified atom stereocenters. The number of hydrogen-bond acceptors (Lipinski definition) is 3. The van der Waals surface area contributed by atoms with Gasteiger partial charge < -0.3 is 9.84 Å². The molecule has 1 heterocycles. The van der Waals surface area contributed by atoms with Gasteiger partial charge >= 0.3 is 5.97 Å². The Kier molecular flexibility index (Phi) is 2.74. The van der Waals surface area contributed by atoms with Crippen LogP contribution < -0.4 is 4.74 Å². The highest BCUT2D eigenvalue weighted by atomic mass is 16.5. The van der Waals surface area contributed by atoms with Crippen molar-refractivity contribution in [1.82, 2.24) is 10.2 Å². The number of H-pyrrole nitrogens is 1. The number of aromatic amines is 1. The summed E-state index contributed by atoms with van der Waals surface area (Å²) >= 11 is 0. The molecule has 1 aliphatic rings. The van der Waals surface area contributed by atoms with E-state index >= 15 is 0 Å². The number of carbonyl (C=O) groups is 1. The number of rotatable bonds is 3. The van der Waals surface area contributed by atoms with Gasteiger partial charge in [0.2, 0.25) is 0 Å². The Balaban J connectivity index is 2.11. The van der Waals surface area contributed by atoms with E-state index in [2.05, 4.69) is 16.3 Å². The SMILES string of the molecule is COc1c(-c2cc(C(=O)O)[nH]n2)ccc2c1CCC2. The molecule has 0 saturated carbocycles. The van der Waals surface area contributed by atoms with Crippen molar-refractivity contribution in [3.63, 3.8) is 0 Å². The van der Waals surface area contributed by atoms with Crippen molar-refractivity contribution in [2.24, 2.45) is 0 Å². The number of carboxylic acids is 1. The highest BCUT2D eigenvalue weighted by molar-refractivity contribution is 5.87. The molecule has 0 bridgehead atoms. The Hall–Kier alpha value is -2.30. The van der Waals surface area contributed by atoms with Crippen molar-refractivity contribution in [3.8, 4) is 17.0 Å². The molecule has 2 N–H and O–H groups in total. The van der Waals surface area contributed by atoms with E-state index in [1.165, 1.54) is 17.2 Å². The number of aryl methyl sites for hydroxylation is 1. The number of methoxy groups -OCH3 is 1. The van der Waals surface area contributed by atoms with E-state index in [1.54, 1.807) is 7.11 Å². The molecule has 0 aliphatic heterocycles. The summed E-state index contributed by atoms with van der Waals surface area (Å²) in [6.07, 6.45) is 3.21. The van der Waals surface area contributed by atoms with Crippen molar-refractivity contribution >= 4 is 5.97 Å². The van der Waals surface area contributed by atoms with Crippen LogP contribution >= 0.6 is 0 Å². The second-order valence-electron chi connectivity index (χ2n) is 4.61. The molecule has 1 aromatic heterocycles. The van der Waals surface area contributed by atoms with Crippen LogP contribution in [-0.2, 0) is 12.8 Å². The molecule has 0 fully saturated rings. The zero-order valence-electron chi connectivity index (χ0n) is 10.6. The lowest BCUT2D eigenvalue weighted by Gasteiger charge is -2.11. The van der Waals surface area contributed by atoms with Crippen LogP contribution in [0.15, 0.2) is 18.2 Å². The maximum Gasteiger partial charge on any atom is 0.353 e. The molecule has 3 rings (SSSR count). The quantitative estimate of drug-likeness (QED) is 0.885. The minimum Gasteiger partial charge on any atom is -0.496 e. The van der Waals surface area contributed by atoms with E-state index < -0.39 is 5.97 Å². The van der Waals surface area contributed by atoms with Gasteiger partial charge in [-0.2, -0.15) is 5.10 Å². The Bertz CT molecular complexity index is 646. The third-order valence-corrected chi connectivity index (χ3v) is 3.52. The number of nitrogens with zero attached hydrogens (tertiary/aromatic N) is 1. The zero-order chi connectivity index (χ0) is 13.4. The lowest BCUT2D eigenvalue weighted by Crippen LogP contribution is -1.95. The average molecular weight is 258 g/mol. The van der Waals surface area contributed by atoms with E-state index in [0.717, 1.165) is 30.6 Å². The number of ether oxygens (including phenoxy) is 1. The Morgan fingerprint density at radius 3 is 2.95 bits per heavy atom. The molecule has 0 atom stereocenters. The minimum atomic E-state index is -1.01. The summed E-state index contributed by atoms with van der Waals surface area (Å²) in [4.78, 5) is 10.9. The van der Waals surface area contributed by atoms with Crippen molar-refractivity contribution in [1.29, 1.82) is 0 Å². The molecular formula is C14H14N2O3. The summed E-state index contributed by atoms with van der Waals surface area (Å²) in [6, 6.07) is 5.56. The molecule has 2 aromatic rings. The molecule has 1 aromatic carbocycles. The maximum atomic E-state index is 10.9. The van der Waals surface area contributed by atoms with Crippen LogP contribution in [0, 0.1) is 0 Å². The number of fused-ring (bicyclic) bond motifs is 1. The summed E-state index contributed by atoms with van der Waals surface area (Å²) in [5.41, 5.74) is 4.06. The predicted molar refractivity (Wildman–Crippen MR) is 69.6 cm³/mol. The van der Waals surface area contributed by atoms with Gasteiger partial charge in [-0.1, -0.05) is 6.07 Å². The maximum absolute atomic E-state index is 10.9. The van der Waals surface area contributed by atoms with Crippen LogP contribution in [0.1, 0.15) is 28.0 Å². The van der Waals surface area contributed by atoms with Crippen LogP contribution in [0.2, 0.25) is 0 Å². The molecule has 5 nitrogen and oxygen atoms in total.